The summed E-state index contributed by atoms with van der Waals surface area (Å²) in [4.78, 5) is 0. The van der Waals surface area contributed by atoms with Crippen LogP contribution in [-0.2, 0) is 6.54 Å². The van der Waals surface area contributed by atoms with Crippen molar-refractivity contribution in [3.05, 3.63) is 51.8 Å². The highest BCUT2D eigenvalue weighted by Crippen LogP contribution is 2.32. The Morgan fingerprint density at radius 3 is 2.48 bits per heavy atom. The van der Waals surface area contributed by atoms with E-state index in [4.69, 9.17) is 27.9 Å². The highest BCUT2D eigenvalue weighted by molar-refractivity contribution is 6.39. The second kappa shape index (κ2) is 6.87. The number of phenolic OH excluding ortho intramolecular Hbond substituents is 1. The second-order valence-electron chi connectivity index (χ2n) is 4.33. The highest BCUT2D eigenvalue weighted by atomic mass is 35.5. The standard InChI is InChI=1S/C15H14Cl2FNO2/c1-2-21-14-5-9(3-4-13(14)20)8-19-15-11(16)6-10(18)7-12(15)17/h3-7,19-20H,2,8H2,1H3. The molecule has 0 fully saturated rings. The van der Waals surface area contributed by atoms with E-state index in [1.54, 1.807) is 18.2 Å². The molecule has 0 atom stereocenters. The SMILES string of the molecule is CCOc1cc(CNc2c(Cl)cc(F)cc2Cl)ccc1O. The van der Waals surface area contributed by atoms with Crippen LogP contribution >= 0.6 is 23.2 Å². The Morgan fingerprint density at radius 2 is 1.86 bits per heavy atom. The van der Waals surface area contributed by atoms with Crippen molar-refractivity contribution >= 4 is 28.9 Å². The van der Waals surface area contributed by atoms with E-state index >= 15 is 0 Å². The maximum absolute atomic E-state index is 13.1. The van der Waals surface area contributed by atoms with Gasteiger partial charge in [-0.15, -0.1) is 0 Å². The van der Waals surface area contributed by atoms with Crippen molar-refractivity contribution in [1.29, 1.82) is 0 Å². The molecule has 0 saturated heterocycles. The van der Waals surface area contributed by atoms with Gasteiger partial charge in [0.2, 0.25) is 0 Å². The van der Waals surface area contributed by atoms with Gasteiger partial charge in [0.1, 0.15) is 5.82 Å². The molecule has 0 heterocycles. The third kappa shape index (κ3) is 3.93. The third-order valence-corrected chi connectivity index (χ3v) is 3.40. The van der Waals surface area contributed by atoms with Crippen molar-refractivity contribution in [2.45, 2.75) is 13.5 Å². The smallest absolute Gasteiger partial charge is 0.161 e. The van der Waals surface area contributed by atoms with Crippen LogP contribution in [0.3, 0.4) is 0 Å². The monoisotopic (exact) mass is 329 g/mol. The first-order chi connectivity index (χ1) is 10.0. The zero-order valence-electron chi connectivity index (χ0n) is 11.3. The zero-order valence-corrected chi connectivity index (χ0v) is 12.8. The van der Waals surface area contributed by atoms with E-state index in [0.717, 1.165) is 5.56 Å². The first-order valence-electron chi connectivity index (χ1n) is 6.34. The molecule has 0 spiro atoms. The molecule has 112 valence electrons. The largest absolute Gasteiger partial charge is 0.504 e. The summed E-state index contributed by atoms with van der Waals surface area (Å²) >= 11 is 11.9. The van der Waals surface area contributed by atoms with Gasteiger partial charge in [-0.05, 0) is 36.8 Å². The molecule has 2 aromatic rings. The Morgan fingerprint density at radius 1 is 1.19 bits per heavy atom. The number of nitrogens with one attached hydrogen (secondary N) is 1. The molecule has 2 aromatic carbocycles. The van der Waals surface area contributed by atoms with E-state index in [2.05, 4.69) is 5.32 Å². The topological polar surface area (TPSA) is 41.5 Å². The second-order valence-corrected chi connectivity index (χ2v) is 5.15. The molecule has 0 unspecified atom stereocenters. The Bertz CT molecular complexity index is 627. The maximum atomic E-state index is 13.1. The number of phenols is 1. The molecule has 3 nitrogen and oxygen atoms in total. The van der Waals surface area contributed by atoms with Crippen molar-refractivity contribution in [1.82, 2.24) is 0 Å². The van der Waals surface area contributed by atoms with Gasteiger partial charge in [-0.25, -0.2) is 4.39 Å². The summed E-state index contributed by atoms with van der Waals surface area (Å²) in [6.45, 7) is 2.70. The molecule has 0 bridgehead atoms. The lowest BCUT2D eigenvalue weighted by Gasteiger charge is -2.12. The lowest BCUT2D eigenvalue weighted by molar-refractivity contribution is 0.318. The van der Waals surface area contributed by atoms with Crippen LogP contribution in [-0.4, -0.2) is 11.7 Å². The van der Waals surface area contributed by atoms with E-state index in [-0.39, 0.29) is 15.8 Å². The molecule has 0 aliphatic rings. The number of halogens is 3. The van der Waals surface area contributed by atoms with Crippen LogP contribution < -0.4 is 10.1 Å². The van der Waals surface area contributed by atoms with Gasteiger partial charge >= 0.3 is 0 Å². The molecule has 0 aromatic heterocycles. The molecule has 0 radical (unpaired) electrons. The van der Waals surface area contributed by atoms with Crippen molar-refractivity contribution in [2.75, 3.05) is 11.9 Å². The van der Waals surface area contributed by atoms with Gasteiger partial charge in [0.25, 0.3) is 0 Å². The number of anilines is 1. The van der Waals surface area contributed by atoms with Gasteiger partial charge in [0.15, 0.2) is 11.5 Å². The highest BCUT2D eigenvalue weighted by Gasteiger charge is 2.09. The van der Waals surface area contributed by atoms with Gasteiger partial charge in [-0.3, -0.25) is 0 Å². The summed E-state index contributed by atoms with van der Waals surface area (Å²) in [5, 5.41) is 13.1. The summed E-state index contributed by atoms with van der Waals surface area (Å²) in [6.07, 6.45) is 0. The molecule has 6 heteroatoms. The van der Waals surface area contributed by atoms with E-state index < -0.39 is 5.82 Å². The fourth-order valence-electron chi connectivity index (χ4n) is 1.84. The minimum absolute atomic E-state index is 0.0819. The minimum Gasteiger partial charge on any atom is -0.504 e. The molecule has 2 rings (SSSR count). The van der Waals surface area contributed by atoms with Crippen molar-refractivity contribution in [2.24, 2.45) is 0 Å². The molecule has 2 N–H and O–H groups in total. The molecule has 21 heavy (non-hydrogen) atoms. The molecule has 0 amide bonds. The van der Waals surface area contributed by atoms with Gasteiger partial charge in [-0.2, -0.15) is 0 Å². The molecule has 0 saturated carbocycles. The van der Waals surface area contributed by atoms with Crippen LogP contribution in [0, 0.1) is 5.82 Å². The Balaban J connectivity index is 2.15. The molecular formula is C15H14Cl2FNO2. The van der Waals surface area contributed by atoms with Crippen molar-refractivity contribution in [3.8, 4) is 11.5 Å². The predicted octanol–water partition coefficient (Wildman–Crippen LogP) is 4.85. The fraction of sp³-hybridized carbons (Fsp3) is 0.200. The van der Waals surface area contributed by atoms with Crippen molar-refractivity contribution in [3.63, 3.8) is 0 Å². The van der Waals surface area contributed by atoms with E-state index in [1.807, 2.05) is 6.92 Å². The lowest BCUT2D eigenvalue weighted by atomic mass is 10.2. The van der Waals surface area contributed by atoms with E-state index in [9.17, 15) is 9.50 Å². The first-order valence-corrected chi connectivity index (χ1v) is 7.10. The maximum Gasteiger partial charge on any atom is 0.161 e. The Labute approximate surface area is 132 Å². The lowest BCUT2D eigenvalue weighted by Crippen LogP contribution is -2.02. The fourth-order valence-corrected chi connectivity index (χ4v) is 2.44. The Kier molecular flexibility index (Phi) is 5.15. The molecular weight excluding hydrogens is 316 g/mol. The average molecular weight is 330 g/mol. The summed E-state index contributed by atoms with van der Waals surface area (Å²) in [6, 6.07) is 7.40. The summed E-state index contributed by atoms with van der Waals surface area (Å²) in [5.41, 5.74) is 1.33. The number of hydrogen-bond donors (Lipinski definition) is 2. The number of rotatable bonds is 5. The van der Waals surface area contributed by atoms with E-state index in [1.165, 1.54) is 12.1 Å². The van der Waals surface area contributed by atoms with Crippen LogP contribution in [0.15, 0.2) is 30.3 Å². The zero-order chi connectivity index (χ0) is 15.4. The van der Waals surface area contributed by atoms with Gasteiger partial charge in [0, 0.05) is 6.54 Å². The van der Waals surface area contributed by atoms with Gasteiger partial charge < -0.3 is 15.2 Å². The third-order valence-electron chi connectivity index (χ3n) is 2.80. The van der Waals surface area contributed by atoms with Crippen LogP contribution in [0.4, 0.5) is 10.1 Å². The quantitative estimate of drug-likeness (QED) is 0.823. The minimum atomic E-state index is -0.487. The van der Waals surface area contributed by atoms with Gasteiger partial charge in [0.05, 0.1) is 22.3 Å². The summed E-state index contributed by atoms with van der Waals surface area (Å²) in [5.74, 6) is 0.00497. The normalized spacial score (nSPS) is 10.5. The van der Waals surface area contributed by atoms with E-state index in [0.29, 0.717) is 24.6 Å². The van der Waals surface area contributed by atoms with Gasteiger partial charge in [-0.1, -0.05) is 29.3 Å². The summed E-state index contributed by atoms with van der Waals surface area (Å²) in [7, 11) is 0. The van der Waals surface area contributed by atoms with Crippen LogP contribution in [0.1, 0.15) is 12.5 Å². The van der Waals surface area contributed by atoms with Crippen LogP contribution in [0.5, 0.6) is 11.5 Å². The summed E-state index contributed by atoms with van der Waals surface area (Å²) < 4.78 is 18.4. The molecule has 0 aliphatic heterocycles. The van der Waals surface area contributed by atoms with Crippen molar-refractivity contribution < 1.29 is 14.2 Å². The number of aromatic hydroxyl groups is 1. The first kappa shape index (κ1) is 15.7. The molecule has 0 aliphatic carbocycles. The average Bonchev–Trinajstić information content (AvgIpc) is 2.41. The predicted molar refractivity (Wildman–Crippen MR) is 83.0 cm³/mol. The van der Waals surface area contributed by atoms with Crippen LogP contribution in [0.25, 0.3) is 0 Å². The Hall–Kier alpha value is -1.65. The number of ether oxygens (including phenoxy) is 1. The van der Waals surface area contributed by atoms with Crippen LogP contribution in [0.2, 0.25) is 10.0 Å². The number of hydrogen-bond acceptors (Lipinski definition) is 3. The number of benzene rings is 2.